The zero-order valence-electron chi connectivity index (χ0n) is 15.1. The van der Waals surface area contributed by atoms with Crippen LogP contribution in [0, 0.1) is 0 Å². The fraction of sp³-hybridized carbons (Fsp3) is 0.500. The van der Waals surface area contributed by atoms with Crippen molar-refractivity contribution in [1.29, 1.82) is 0 Å². The lowest BCUT2D eigenvalue weighted by atomic mass is 10.1. The normalized spacial score (nSPS) is 15.7. The third kappa shape index (κ3) is 6.00. The first kappa shape index (κ1) is 21.3. The van der Waals surface area contributed by atoms with Crippen LogP contribution in [0.2, 0.25) is 5.02 Å². The number of nitrogens with one attached hydrogen (secondary N) is 3. The molecule has 3 rings (SSSR count). The molecule has 0 atom stereocenters. The predicted octanol–water partition coefficient (Wildman–Crippen LogP) is 2.48. The number of nitrogens with zero attached hydrogens (tertiary/aromatic N) is 2. The Morgan fingerprint density at radius 2 is 2.04 bits per heavy atom. The van der Waals surface area contributed by atoms with Gasteiger partial charge in [0.05, 0.1) is 13.2 Å². The molecule has 1 aliphatic rings. The van der Waals surface area contributed by atoms with Crippen LogP contribution in [0.3, 0.4) is 0 Å². The van der Waals surface area contributed by atoms with Gasteiger partial charge in [-0.05, 0) is 30.2 Å². The Balaban J connectivity index is 0.00000243. The highest BCUT2D eigenvalue weighted by atomic mass is 127. The number of aromatic amines is 1. The summed E-state index contributed by atoms with van der Waals surface area (Å²) in [7, 11) is 1.80. The van der Waals surface area contributed by atoms with E-state index in [0.717, 1.165) is 68.9 Å². The van der Waals surface area contributed by atoms with Crippen molar-refractivity contribution in [3.8, 4) is 0 Å². The molecule has 0 bridgehead atoms. The van der Waals surface area contributed by atoms with Crippen molar-refractivity contribution in [1.82, 2.24) is 20.5 Å². The van der Waals surface area contributed by atoms with Crippen LogP contribution in [0.1, 0.15) is 5.56 Å². The van der Waals surface area contributed by atoms with E-state index in [4.69, 9.17) is 16.3 Å². The Kier molecular flexibility index (Phi) is 8.97. The number of morpholine rings is 1. The number of benzene rings is 1. The van der Waals surface area contributed by atoms with Gasteiger partial charge in [-0.25, -0.2) is 0 Å². The topological polar surface area (TPSA) is 64.7 Å². The maximum Gasteiger partial charge on any atom is 0.191 e. The fourth-order valence-electron chi connectivity index (χ4n) is 3.05. The van der Waals surface area contributed by atoms with Crippen molar-refractivity contribution in [3.63, 3.8) is 0 Å². The van der Waals surface area contributed by atoms with Gasteiger partial charge in [0, 0.05) is 61.9 Å². The highest BCUT2D eigenvalue weighted by molar-refractivity contribution is 14.0. The van der Waals surface area contributed by atoms with E-state index < -0.39 is 0 Å². The number of aliphatic imine (C=N–C) groups is 1. The van der Waals surface area contributed by atoms with E-state index in [9.17, 15) is 0 Å². The third-order valence-electron chi connectivity index (χ3n) is 4.46. The molecule has 1 saturated heterocycles. The van der Waals surface area contributed by atoms with Gasteiger partial charge < -0.3 is 20.4 Å². The van der Waals surface area contributed by atoms with E-state index >= 15 is 0 Å². The quantitative estimate of drug-likeness (QED) is 0.330. The molecule has 0 unspecified atom stereocenters. The number of halogens is 2. The van der Waals surface area contributed by atoms with E-state index in [1.165, 1.54) is 10.9 Å². The number of H-pyrrole nitrogens is 1. The molecule has 0 amide bonds. The molecule has 0 saturated carbocycles. The number of fused-ring (bicyclic) bond motifs is 1. The highest BCUT2D eigenvalue weighted by Crippen LogP contribution is 2.22. The van der Waals surface area contributed by atoms with Crippen LogP contribution in [-0.2, 0) is 11.2 Å². The molecule has 8 heteroatoms. The van der Waals surface area contributed by atoms with Crippen LogP contribution < -0.4 is 10.6 Å². The summed E-state index contributed by atoms with van der Waals surface area (Å²) < 4.78 is 5.37. The summed E-state index contributed by atoms with van der Waals surface area (Å²) in [6, 6.07) is 5.93. The Hall–Kier alpha value is -1.03. The van der Waals surface area contributed by atoms with Gasteiger partial charge in [-0.3, -0.25) is 9.89 Å². The molecule has 1 fully saturated rings. The highest BCUT2D eigenvalue weighted by Gasteiger charge is 2.10. The summed E-state index contributed by atoms with van der Waals surface area (Å²) in [5.74, 6) is 0.839. The third-order valence-corrected chi connectivity index (χ3v) is 4.70. The summed E-state index contributed by atoms with van der Waals surface area (Å²) in [6.45, 7) is 6.39. The molecule has 1 aliphatic heterocycles. The summed E-state index contributed by atoms with van der Waals surface area (Å²) in [6.07, 6.45) is 2.96. The van der Waals surface area contributed by atoms with Crippen LogP contribution in [0.15, 0.2) is 29.4 Å². The molecule has 2 heterocycles. The van der Waals surface area contributed by atoms with E-state index in [2.05, 4.69) is 31.7 Å². The molecular formula is C18H27ClIN5O. The minimum Gasteiger partial charge on any atom is -0.379 e. The van der Waals surface area contributed by atoms with Crippen LogP contribution in [0.25, 0.3) is 10.9 Å². The van der Waals surface area contributed by atoms with Gasteiger partial charge in [0.15, 0.2) is 5.96 Å². The lowest BCUT2D eigenvalue weighted by Crippen LogP contribution is -2.44. The van der Waals surface area contributed by atoms with Crippen molar-refractivity contribution >= 4 is 52.4 Å². The first-order valence-electron chi connectivity index (χ1n) is 8.76. The molecule has 6 nitrogen and oxygen atoms in total. The zero-order valence-corrected chi connectivity index (χ0v) is 18.1. The largest absolute Gasteiger partial charge is 0.379 e. The van der Waals surface area contributed by atoms with E-state index in [1.54, 1.807) is 7.05 Å². The molecule has 0 spiro atoms. The molecule has 144 valence electrons. The SMILES string of the molecule is CN=C(NCCc1c[nH]c2ccc(Cl)cc12)NCCN1CCOCC1.I. The van der Waals surface area contributed by atoms with Crippen molar-refractivity contribution in [2.24, 2.45) is 4.99 Å². The van der Waals surface area contributed by atoms with Gasteiger partial charge in [0.1, 0.15) is 0 Å². The van der Waals surface area contributed by atoms with Gasteiger partial charge in [0.25, 0.3) is 0 Å². The minimum absolute atomic E-state index is 0. The van der Waals surface area contributed by atoms with E-state index in [0.29, 0.717) is 0 Å². The molecule has 1 aromatic carbocycles. The van der Waals surface area contributed by atoms with E-state index in [1.807, 2.05) is 18.2 Å². The van der Waals surface area contributed by atoms with Crippen molar-refractivity contribution in [2.45, 2.75) is 6.42 Å². The predicted molar refractivity (Wildman–Crippen MR) is 119 cm³/mol. The second-order valence-electron chi connectivity index (χ2n) is 6.13. The molecule has 26 heavy (non-hydrogen) atoms. The van der Waals surface area contributed by atoms with Gasteiger partial charge in [0.2, 0.25) is 0 Å². The van der Waals surface area contributed by atoms with Crippen LogP contribution in [0.4, 0.5) is 0 Å². The van der Waals surface area contributed by atoms with Gasteiger partial charge in [-0.15, -0.1) is 24.0 Å². The van der Waals surface area contributed by atoms with Crippen molar-refractivity contribution < 1.29 is 4.74 Å². The molecule has 2 aromatic rings. The van der Waals surface area contributed by atoms with Crippen LogP contribution >= 0.6 is 35.6 Å². The summed E-state index contributed by atoms with van der Waals surface area (Å²) in [5.41, 5.74) is 2.38. The first-order chi connectivity index (χ1) is 12.3. The summed E-state index contributed by atoms with van der Waals surface area (Å²) >= 11 is 6.11. The standard InChI is InChI=1S/C18H26ClN5O.HI/c1-20-18(22-6-7-24-8-10-25-11-9-24)21-5-4-14-13-23-17-3-2-15(19)12-16(14)17;/h2-3,12-13,23H,4-11H2,1H3,(H2,20,21,22);1H. The second kappa shape index (κ2) is 11.0. The van der Waals surface area contributed by atoms with Crippen LogP contribution in [0.5, 0.6) is 0 Å². The number of ether oxygens (including phenoxy) is 1. The second-order valence-corrected chi connectivity index (χ2v) is 6.57. The number of hydrogen-bond donors (Lipinski definition) is 3. The Morgan fingerprint density at radius 1 is 1.27 bits per heavy atom. The molecular weight excluding hydrogens is 465 g/mol. The molecule has 0 radical (unpaired) electrons. The number of aromatic nitrogens is 1. The monoisotopic (exact) mass is 491 g/mol. The number of guanidine groups is 1. The Morgan fingerprint density at radius 3 is 2.81 bits per heavy atom. The van der Waals surface area contributed by atoms with Crippen LogP contribution in [-0.4, -0.2) is 68.8 Å². The zero-order chi connectivity index (χ0) is 17.5. The molecule has 1 aromatic heterocycles. The Bertz CT molecular complexity index is 715. The first-order valence-corrected chi connectivity index (χ1v) is 9.14. The smallest absolute Gasteiger partial charge is 0.191 e. The maximum atomic E-state index is 6.11. The van der Waals surface area contributed by atoms with Gasteiger partial charge >= 0.3 is 0 Å². The summed E-state index contributed by atoms with van der Waals surface area (Å²) in [4.78, 5) is 9.98. The number of rotatable bonds is 6. The van der Waals surface area contributed by atoms with Gasteiger partial charge in [-0.1, -0.05) is 11.6 Å². The van der Waals surface area contributed by atoms with Crippen molar-refractivity contribution in [3.05, 3.63) is 35.0 Å². The molecule has 3 N–H and O–H groups in total. The lowest BCUT2D eigenvalue weighted by molar-refractivity contribution is 0.0389. The lowest BCUT2D eigenvalue weighted by Gasteiger charge is -2.26. The fourth-order valence-corrected chi connectivity index (χ4v) is 3.22. The number of hydrogen-bond acceptors (Lipinski definition) is 3. The van der Waals surface area contributed by atoms with Gasteiger partial charge in [-0.2, -0.15) is 0 Å². The maximum absolute atomic E-state index is 6.11. The van der Waals surface area contributed by atoms with E-state index in [-0.39, 0.29) is 24.0 Å². The average molecular weight is 492 g/mol. The average Bonchev–Trinajstić information content (AvgIpc) is 3.03. The minimum atomic E-state index is 0. The molecule has 0 aliphatic carbocycles. The Labute approximate surface area is 176 Å². The summed E-state index contributed by atoms with van der Waals surface area (Å²) in [5, 5.41) is 8.69. The van der Waals surface area contributed by atoms with Crippen molar-refractivity contribution in [2.75, 3.05) is 53.0 Å².